The molecule has 78 valence electrons. The molecule has 1 atom stereocenters. The zero-order valence-electron chi connectivity index (χ0n) is 8.73. The molecule has 1 aromatic carbocycles. The zero-order valence-corrected chi connectivity index (χ0v) is 8.73. The fraction of sp³-hybridized carbons (Fsp3) is 0.364. The Morgan fingerprint density at radius 2 is 2.13 bits per heavy atom. The first-order valence-corrected chi connectivity index (χ1v) is 4.74. The second-order valence-corrected chi connectivity index (χ2v) is 3.45. The molecule has 0 saturated heterocycles. The van der Waals surface area contributed by atoms with Crippen LogP contribution in [0.15, 0.2) is 18.2 Å². The SMILES string of the molecule is CC(C#N)N(C)c1ccc2c(c1)OCO2. The highest BCUT2D eigenvalue weighted by molar-refractivity contribution is 5.57. The van der Waals surface area contributed by atoms with Gasteiger partial charge in [0.15, 0.2) is 11.5 Å². The highest BCUT2D eigenvalue weighted by Crippen LogP contribution is 2.35. The summed E-state index contributed by atoms with van der Waals surface area (Å²) in [6.07, 6.45) is 0. The summed E-state index contributed by atoms with van der Waals surface area (Å²) in [4.78, 5) is 1.89. The second-order valence-electron chi connectivity index (χ2n) is 3.45. The minimum Gasteiger partial charge on any atom is -0.454 e. The lowest BCUT2D eigenvalue weighted by atomic mass is 10.2. The van der Waals surface area contributed by atoms with Crippen LogP contribution in [0.5, 0.6) is 11.5 Å². The summed E-state index contributed by atoms with van der Waals surface area (Å²) in [6, 6.07) is 7.69. The minimum atomic E-state index is -0.162. The van der Waals surface area contributed by atoms with Gasteiger partial charge in [-0.05, 0) is 19.1 Å². The quantitative estimate of drug-likeness (QED) is 0.736. The molecular formula is C11H12N2O2. The van der Waals surface area contributed by atoms with E-state index in [0.29, 0.717) is 0 Å². The van der Waals surface area contributed by atoms with Gasteiger partial charge in [-0.1, -0.05) is 0 Å². The van der Waals surface area contributed by atoms with Gasteiger partial charge >= 0.3 is 0 Å². The molecule has 1 aliphatic rings. The van der Waals surface area contributed by atoms with Gasteiger partial charge in [-0.3, -0.25) is 0 Å². The molecule has 1 aromatic rings. The van der Waals surface area contributed by atoms with Crippen molar-refractivity contribution in [2.24, 2.45) is 0 Å². The van der Waals surface area contributed by atoms with Crippen LogP contribution in [0.2, 0.25) is 0 Å². The van der Waals surface area contributed by atoms with E-state index >= 15 is 0 Å². The maximum atomic E-state index is 8.81. The molecule has 0 N–H and O–H groups in total. The second kappa shape index (κ2) is 3.70. The van der Waals surface area contributed by atoms with Crippen LogP contribution in [0.1, 0.15) is 6.92 Å². The van der Waals surface area contributed by atoms with Gasteiger partial charge in [0.05, 0.1) is 6.07 Å². The molecule has 0 radical (unpaired) electrons. The number of ether oxygens (including phenoxy) is 2. The van der Waals surface area contributed by atoms with Crippen LogP contribution in [-0.4, -0.2) is 19.9 Å². The normalized spacial score (nSPS) is 14.5. The summed E-state index contributed by atoms with van der Waals surface area (Å²) in [6.45, 7) is 2.13. The number of benzene rings is 1. The van der Waals surface area contributed by atoms with Crippen molar-refractivity contribution in [3.05, 3.63) is 18.2 Å². The molecule has 0 amide bonds. The van der Waals surface area contributed by atoms with Gasteiger partial charge in [0, 0.05) is 18.8 Å². The van der Waals surface area contributed by atoms with Gasteiger partial charge in [0.1, 0.15) is 6.04 Å². The van der Waals surface area contributed by atoms with Crippen LogP contribution in [0, 0.1) is 11.3 Å². The highest BCUT2D eigenvalue weighted by atomic mass is 16.7. The smallest absolute Gasteiger partial charge is 0.231 e. The van der Waals surface area contributed by atoms with Crippen molar-refractivity contribution in [3.63, 3.8) is 0 Å². The van der Waals surface area contributed by atoms with E-state index in [1.807, 2.05) is 37.1 Å². The predicted octanol–water partition coefficient (Wildman–Crippen LogP) is 1.76. The Balaban J connectivity index is 2.27. The number of rotatable bonds is 2. The molecule has 4 nitrogen and oxygen atoms in total. The first-order chi connectivity index (χ1) is 7.22. The predicted molar refractivity (Wildman–Crippen MR) is 56.0 cm³/mol. The van der Waals surface area contributed by atoms with Gasteiger partial charge in [-0.25, -0.2) is 0 Å². The molecule has 0 aliphatic carbocycles. The highest BCUT2D eigenvalue weighted by Gasteiger charge is 2.16. The topological polar surface area (TPSA) is 45.5 Å². The van der Waals surface area contributed by atoms with E-state index in [1.165, 1.54) is 0 Å². The summed E-state index contributed by atoms with van der Waals surface area (Å²) < 4.78 is 10.5. The molecule has 0 saturated carbocycles. The van der Waals surface area contributed by atoms with Crippen LogP contribution < -0.4 is 14.4 Å². The van der Waals surface area contributed by atoms with Crippen LogP contribution in [-0.2, 0) is 0 Å². The molecule has 0 bridgehead atoms. The van der Waals surface area contributed by atoms with Crippen molar-refractivity contribution in [3.8, 4) is 17.6 Å². The standard InChI is InChI=1S/C11H12N2O2/c1-8(6-12)13(2)9-3-4-10-11(5-9)15-7-14-10/h3-5,8H,7H2,1-2H3. The molecule has 4 heteroatoms. The lowest BCUT2D eigenvalue weighted by Crippen LogP contribution is -2.26. The lowest BCUT2D eigenvalue weighted by Gasteiger charge is -2.21. The first-order valence-electron chi connectivity index (χ1n) is 4.74. The molecule has 0 spiro atoms. The van der Waals surface area contributed by atoms with E-state index in [9.17, 15) is 0 Å². The number of fused-ring (bicyclic) bond motifs is 1. The number of hydrogen-bond acceptors (Lipinski definition) is 4. The number of hydrogen-bond donors (Lipinski definition) is 0. The van der Waals surface area contributed by atoms with E-state index in [0.717, 1.165) is 17.2 Å². The molecule has 1 unspecified atom stereocenters. The molecule has 0 aromatic heterocycles. The molecular weight excluding hydrogens is 192 g/mol. The summed E-state index contributed by atoms with van der Waals surface area (Å²) in [5, 5.41) is 8.81. The third-order valence-corrected chi connectivity index (χ3v) is 2.53. The third-order valence-electron chi connectivity index (χ3n) is 2.53. The Labute approximate surface area is 88.6 Å². The largest absolute Gasteiger partial charge is 0.454 e. The average molecular weight is 204 g/mol. The van der Waals surface area contributed by atoms with Gasteiger partial charge in [0.25, 0.3) is 0 Å². The Kier molecular flexibility index (Phi) is 2.38. The monoisotopic (exact) mass is 204 g/mol. The molecule has 1 heterocycles. The van der Waals surface area contributed by atoms with Crippen LogP contribution in [0.4, 0.5) is 5.69 Å². The molecule has 1 aliphatic heterocycles. The van der Waals surface area contributed by atoms with E-state index in [4.69, 9.17) is 14.7 Å². The van der Waals surface area contributed by atoms with Crippen molar-refractivity contribution in [2.75, 3.05) is 18.7 Å². The van der Waals surface area contributed by atoms with Gasteiger partial charge < -0.3 is 14.4 Å². The summed E-state index contributed by atoms with van der Waals surface area (Å²) in [5.74, 6) is 1.50. The van der Waals surface area contributed by atoms with Crippen molar-refractivity contribution in [1.82, 2.24) is 0 Å². The maximum absolute atomic E-state index is 8.81. The summed E-state index contributed by atoms with van der Waals surface area (Å²) in [7, 11) is 1.88. The third kappa shape index (κ3) is 1.68. The summed E-state index contributed by atoms with van der Waals surface area (Å²) >= 11 is 0. The summed E-state index contributed by atoms with van der Waals surface area (Å²) in [5.41, 5.74) is 0.952. The maximum Gasteiger partial charge on any atom is 0.231 e. The Morgan fingerprint density at radius 1 is 1.40 bits per heavy atom. The lowest BCUT2D eigenvalue weighted by molar-refractivity contribution is 0.174. The van der Waals surface area contributed by atoms with Crippen molar-refractivity contribution >= 4 is 5.69 Å². The van der Waals surface area contributed by atoms with E-state index in [1.54, 1.807) is 0 Å². The van der Waals surface area contributed by atoms with Crippen LogP contribution >= 0.6 is 0 Å². The van der Waals surface area contributed by atoms with E-state index < -0.39 is 0 Å². The zero-order chi connectivity index (χ0) is 10.8. The number of anilines is 1. The molecule has 15 heavy (non-hydrogen) atoms. The van der Waals surface area contributed by atoms with E-state index in [2.05, 4.69) is 6.07 Å². The number of nitriles is 1. The van der Waals surface area contributed by atoms with Gasteiger partial charge in [-0.2, -0.15) is 5.26 Å². The Morgan fingerprint density at radius 3 is 2.87 bits per heavy atom. The fourth-order valence-corrected chi connectivity index (χ4v) is 1.41. The first kappa shape index (κ1) is 9.66. The Hall–Kier alpha value is -1.89. The van der Waals surface area contributed by atoms with Crippen molar-refractivity contribution < 1.29 is 9.47 Å². The van der Waals surface area contributed by atoms with Gasteiger partial charge in [-0.15, -0.1) is 0 Å². The van der Waals surface area contributed by atoms with E-state index in [-0.39, 0.29) is 12.8 Å². The molecule has 2 rings (SSSR count). The fourth-order valence-electron chi connectivity index (χ4n) is 1.41. The van der Waals surface area contributed by atoms with Crippen molar-refractivity contribution in [2.45, 2.75) is 13.0 Å². The van der Waals surface area contributed by atoms with Crippen LogP contribution in [0.25, 0.3) is 0 Å². The van der Waals surface area contributed by atoms with Crippen LogP contribution in [0.3, 0.4) is 0 Å². The Bertz CT molecular complexity index is 412. The average Bonchev–Trinajstić information content (AvgIpc) is 2.73. The van der Waals surface area contributed by atoms with Crippen molar-refractivity contribution in [1.29, 1.82) is 5.26 Å². The molecule has 0 fully saturated rings. The van der Waals surface area contributed by atoms with Gasteiger partial charge in [0.2, 0.25) is 6.79 Å². The minimum absolute atomic E-state index is 0.162. The number of nitrogens with zero attached hydrogens (tertiary/aromatic N) is 2.